The van der Waals surface area contributed by atoms with Crippen molar-refractivity contribution in [2.24, 2.45) is 0 Å². The lowest BCUT2D eigenvalue weighted by molar-refractivity contribution is 0.885. The Morgan fingerprint density at radius 3 is 1.61 bits per heavy atom. The van der Waals surface area contributed by atoms with Gasteiger partial charge in [0.1, 0.15) is 0 Å². The second kappa shape index (κ2) is 7.70. The maximum atomic E-state index is 5.73. The summed E-state index contributed by atoms with van der Waals surface area (Å²) in [4.78, 5) is 0.853. The molecule has 0 saturated heterocycles. The van der Waals surface area contributed by atoms with Crippen LogP contribution in [-0.4, -0.2) is 4.99 Å². The predicted molar refractivity (Wildman–Crippen MR) is 101 cm³/mol. The molecule has 0 spiro atoms. The van der Waals surface area contributed by atoms with Gasteiger partial charge in [0, 0.05) is 6.54 Å². The van der Waals surface area contributed by atoms with Crippen molar-refractivity contribution >= 4 is 17.2 Å². The molecule has 2 heteroatoms. The lowest BCUT2D eigenvalue weighted by Gasteiger charge is -2.20. The van der Waals surface area contributed by atoms with Crippen LogP contribution in [0.5, 0.6) is 0 Å². The molecule has 0 aliphatic rings. The van der Waals surface area contributed by atoms with Gasteiger partial charge in [-0.25, -0.2) is 0 Å². The van der Waals surface area contributed by atoms with Gasteiger partial charge in [-0.15, -0.1) is 0 Å². The molecule has 1 N–H and O–H groups in total. The van der Waals surface area contributed by atoms with Gasteiger partial charge < -0.3 is 5.32 Å². The molecule has 0 fully saturated rings. The summed E-state index contributed by atoms with van der Waals surface area (Å²) in [7, 11) is 0. The minimum Gasteiger partial charge on any atom is -0.375 e. The molecule has 0 unspecified atom stereocenters. The molecule has 114 valence electrons. The molecular formula is C21H19NS. The number of hydrogen-bond donors (Lipinski definition) is 1. The lowest BCUT2D eigenvalue weighted by atomic mass is 9.91. The van der Waals surface area contributed by atoms with Gasteiger partial charge in [-0.3, -0.25) is 0 Å². The Morgan fingerprint density at radius 2 is 1.13 bits per heavy atom. The first-order chi connectivity index (χ1) is 11.3. The van der Waals surface area contributed by atoms with Crippen LogP contribution in [0.25, 0.3) is 0 Å². The van der Waals surface area contributed by atoms with Crippen LogP contribution in [0.1, 0.15) is 22.6 Å². The highest BCUT2D eigenvalue weighted by Gasteiger charge is 2.18. The van der Waals surface area contributed by atoms with Crippen molar-refractivity contribution in [2.45, 2.75) is 12.5 Å². The quantitative estimate of drug-likeness (QED) is 0.669. The van der Waals surface area contributed by atoms with Crippen LogP contribution in [0.4, 0.5) is 0 Å². The minimum atomic E-state index is 0.0797. The van der Waals surface area contributed by atoms with Gasteiger partial charge in [0.05, 0.1) is 10.9 Å². The van der Waals surface area contributed by atoms with E-state index in [1.54, 1.807) is 0 Å². The fraction of sp³-hybridized carbons (Fsp3) is 0.0952. The summed E-state index contributed by atoms with van der Waals surface area (Å²) in [5.74, 6) is 0.0797. The predicted octanol–water partition coefficient (Wildman–Crippen LogP) is 4.94. The second-order valence-corrected chi connectivity index (χ2v) is 5.90. The van der Waals surface area contributed by atoms with Crippen LogP contribution in [-0.2, 0) is 6.54 Å². The average Bonchev–Trinajstić information content (AvgIpc) is 2.63. The third-order valence-corrected chi connectivity index (χ3v) is 4.22. The summed E-state index contributed by atoms with van der Waals surface area (Å²) in [5, 5.41) is 3.43. The first-order valence-electron chi connectivity index (χ1n) is 7.76. The third kappa shape index (κ3) is 4.05. The molecule has 0 heterocycles. The second-order valence-electron chi connectivity index (χ2n) is 5.46. The Balaban J connectivity index is 1.82. The topological polar surface area (TPSA) is 12.0 Å². The first kappa shape index (κ1) is 15.4. The summed E-state index contributed by atoms with van der Waals surface area (Å²) in [6, 6.07) is 31.2. The van der Waals surface area contributed by atoms with Crippen LogP contribution in [0, 0.1) is 0 Å². The zero-order chi connectivity index (χ0) is 15.9. The number of thiocarbonyl (C=S) groups is 1. The van der Waals surface area contributed by atoms with Crippen molar-refractivity contribution in [1.82, 2.24) is 5.32 Å². The monoisotopic (exact) mass is 317 g/mol. The molecule has 1 nitrogen and oxygen atoms in total. The van der Waals surface area contributed by atoms with Crippen molar-refractivity contribution in [3.8, 4) is 0 Å². The number of rotatable bonds is 5. The molecule has 3 aromatic carbocycles. The summed E-state index contributed by atoms with van der Waals surface area (Å²) < 4.78 is 0. The van der Waals surface area contributed by atoms with Crippen LogP contribution in [0.15, 0.2) is 91.0 Å². The largest absolute Gasteiger partial charge is 0.375 e. The number of nitrogens with one attached hydrogen (secondary N) is 1. The van der Waals surface area contributed by atoms with Crippen LogP contribution in [0.2, 0.25) is 0 Å². The SMILES string of the molecule is S=C(NCc1ccccc1)C(c1ccccc1)c1ccccc1. The Bertz CT molecular complexity index is 699. The van der Waals surface area contributed by atoms with E-state index in [0.717, 1.165) is 11.5 Å². The Hall–Kier alpha value is -2.45. The molecular weight excluding hydrogens is 298 g/mol. The van der Waals surface area contributed by atoms with E-state index < -0.39 is 0 Å². The number of benzene rings is 3. The maximum absolute atomic E-state index is 5.73. The van der Waals surface area contributed by atoms with E-state index in [1.807, 2.05) is 30.3 Å². The van der Waals surface area contributed by atoms with Gasteiger partial charge in [0.25, 0.3) is 0 Å². The van der Waals surface area contributed by atoms with Crippen LogP contribution >= 0.6 is 12.2 Å². The van der Waals surface area contributed by atoms with E-state index in [9.17, 15) is 0 Å². The molecule has 23 heavy (non-hydrogen) atoms. The van der Waals surface area contributed by atoms with Crippen molar-refractivity contribution in [3.63, 3.8) is 0 Å². The Labute approximate surface area is 143 Å². The summed E-state index contributed by atoms with van der Waals surface area (Å²) >= 11 is 5.73. The zero-order valence-electron chi connectivity index (χ0n) is 12.9. The highest BCUT2D eigenvalue weighted by atomic mass is 32.1. The highest BCUT2D eigenvalue weighted by molar-refractivity contribution is 7.80. The van der Waals surface area contributed by atoms with Crippen molar-refractivity contribution in [1.29, 1.82) is 0 Å². The minimum absolute atomic E-state index is 0.0797. The maximum Gasteiger partial charge on any atom is 0.0876 e. The van der Waals surface area contributed by atoms with Crippen LogP contribution < -0.4 is 5.32 Å². The van der Waals surface area contributed by atoms with Gasteiger partial charge in [-0.1, -0.05) is 103 Å². The Kier molecular flexibility index (Phi) is 5.17. The number of hydrogen-bond acceptors (Lipinski definition) is 1. The summed E-state index contributed by atoms with van der Waals surface area (Å²) in [5.41, 5.74) is 3.66. The molecule has 0 aromatic heterocycles. The van der Waals surface area contributed by atoms with Gasteiger partial charge in [-0.05, 0) is 16.7 Å². The van der Waals surface area contributed by atoms with E-state index in [2.05, 4.69) is 66.0 Å². The summed E-state index contributed by atoms with van der Waals surface area (Å²) in [6.45, 7) is 0.746. The third-order valence-electron chi connectivity index (χ3n) is 3.84. The standard InChI is InChI=1S/C21H19NS/c23-21(22-16-17-10-4-1-5-11-17)20(18-12-6-2-7-13-18)19-14-8-3-9-15-19/h1-15,20H,16H2,(H,22,23). The van der Waals surface area contributed by atoms with Gasteiger partial charge in [-0.2, -0.15) is 0 Å². The van der Waals surface area contributed by atoms with Gasteiger partial charge in [0.2, 0.25) is 0 Å². The normalized spacial score (nSPS) is 10.5. The van der Waals surface area contributed by atoms with Gasteiger partial charge in [0.15, 0.2) is 0 Å². The fourth-order valence-corrected chi connectivity index (χ4v) is 3.02. The molecule has 0 aliphatic heterocycles. The van der Waals surface area contributed by atoms with E-state index in [1.165, 1.54) is 16.7 Å². The van der Waals surface area contributed by atoms with E-state index in [-0.39, 0.29) is 5.92 Å². The summed E-state index contributed by atoms with van der Waals surface area (Å²) in [6.07, 6.45) is 0. The lowest BCUT2D eigenvalue weighted by Crippen LogP contribution is -2.27. The van der Waals surface area contributed by atoms with E-state index in [4.69, 9.17) is 12.2 Å². The molecule has 0 radical (unpaired) electrons. The molecule has 0 atom stereocenters. The molecule has 0 amide bonds. The van der Waals surface area contributed by atoms with Gasteiger partial charge >= 0.3 is 0 Å². The van der Waals surface area contributed by atoms with Crippen LogP contribution in [0.3, 0.4) is 0 Å². The molecule has 0 bridgehead atoms. The van der Waals surface area contributed by atoms with Crippen molar-refractivity contribution in [2.75, 3.05) is 0 Å². The Morgan fingerprint density at radius 1 is 0.696 bits per heavy atom. The molecule has 3 rings (SSSR count). The van der Waals surface area contributed by atoms with E-state index >= 15 is 0 Å². The van der Waals surface area contributed by atoms with E-state index in [0.29, 0.717) is 0 Å². The molecule has 0 aliphatic carbocycles. The smallest absolute Gasteiger partial charge is 0.0876 e. The molecule has 0 saturated carbocycles. The average molecular weight is 317 g/mol. The zero-order valence-corrected chi connectivity index (χ0v) is 13.7. The fourth-order valence-electron chi connectivity index (χ4n) is 2.67. The molecule has 3 aromatic rings. The highest BCUT2D eigenvalue weighted by Crippen LogP contribution is 2.25. The van der Waals surface area contributed by atoms with Crippen molar-refractivity contribution < 1.29 is 0 Å². The van der Waals surface area contributed by atoms with Crippen molar-refractivity contribution in [3.05, 3.63) is 108 Å². The first-order valence-corrected chi connectivity index (χ1v) is 8.17.